The molecule has 0 spiro atoms. The van der Waals surface area contributed by atoms with E-state index in [0.717, 1.165) is 31.7 Å². The lowest BCUT2D eigenvalue weighted by atomic mass is 10.2. The van der Waals surface area contributed by atoms with E-state index in [1.165, 1.54) is 4.68 Å². The highest BCUT2D eigenvalue weighted by atomic mass is 32.2. The Labute approximate surface area is 198 Å². The molecule has 1 aliphatic heterocycles. The minimum absolute atomic E-state index is 0.187. The number of nitrogens with two attached hydrogens (primary N) is 1. The first kappa shape index (κ1) is 23.6. The first-order valence-electron chi connectivity index (χ1n) is 11.1. The van der Waals surface area contributed by atoms with Crippen LogP contribution in [0.1, 0.15) is 38.2 Å². The molecule has 0 unspecified atom stereocenters. The first-order valence-corrected chi connectivity index (χ1v) is 12.8. The summed E-state index contributed by atoms with van der Waals surface area (Å²) in [6, 6.07) is 9.17. The Balaban J connectivity index is 1.76. The molecule has 178 valence electrons. The van der Waals surface area contributed by atoms with Crippen LogP contribution in [0.4, 0.5) is 11.5 Å². The Bertz CT molecular complexity index is 1340. The monoisotopic (exact) mass is 481 g/mol. The van der Waals surface area contributed by atoms with E-state index in [0.29, 0.717) is 34.4 Å². The van der Waals surface area contributed by atoms with Gasteiger partial charge >= 0.3 is 0 Å². The van der Waals surface area contributed by atoms with Crippen molar-refractivity contribution in [3.63, 3.8) is 0 Å². The third-order valence-corrected chi connectivity index (χ3v) is 5.84. The summed E-state index contributed by atoms with van der Waals surface area (Å²) in [4.78, 5) is 16.0. The van der Waals surface area contributed by atoms with Crippen LogP contribution in [0.2, 0.25) is 0 Å². The standard InChI is InChI=1S/C22H27N9O2S/c1-4-12-30(13-5-2)19-10-9-16(15(3)25-19)26-20-18(14-34(23,32)33)29-31-21(27-28-22(20)31)17-8-6-7-11-24-17/h6-11H,4-5,12-14H2,1-3H3,(H2,23,32,33)/b26-20-. The van der Waals surface area contributed by atoms with Crippen molar-refractivity contribution in [2.45, 2.75) is 33.6 Å². The van der Waals surface area contributed by atoms with Crippen molar-refractivity contribution >= 4 is 33.0 Å². The van der Waals surface area contributed by atoms with Crippen LogP contribution in [0, 0.1) is 6.92 Å². The van der Waals surface area contributed by atoms with Gasteiger partial charge in [0.25, 0.3) is 0 Å². The van der Waals surface area contributed by atoms with Gasteiger partial charge in [-0.3, -0.25) is 4.98 Å². The molecule has 11 nitrogen and oxygen atoms in total. The lowest BCUT2D eigenvalue weighted by Gasteiger charge is -2.23. The predicted octanol–water partition coefficient (Wildman–Crippen LogP) is 2.30. The number of nitrogens with zero attached hydrogens (tertiary/aromatic N) is 8. The second-order valence-electron chi connectivity index (χ2n) is 7.95. The smallest absolute Gasteiger partial charge is 0.214 e. The molecule has 34 heavy (non-hydrogen) atoms. The van der Waals surface area contributed by atoms with Crippen LogP contribution in [-0.2, 0) is 10.0 Å². The molecule has 12 heteroatoms. The fourth-order valence-electron chi connectivity index (χ4n) is 3.71. The van der Waals surface area contributed by atoms with Crippen LogP contribution in [0.5, 0.6) is 0 Å². The zero-order valence-corrected chi connectivity index (χ0v) is 20.2. The van der Waals surface area contributed by atoms with Gasteiger partial charge in [-0.05, 0) is 44.0 Å². The number of fused-ring (bicyclic) bond motifs is 1. The summed E-state index contributed by atoms with van der Waals surface area (Å²) in [5.74, 6) is 1.10. The first-order chi connectivity index (χ1) is 16.3. The zero-order valence-electron chi connectivity index (χ0n) is 19.4. The van der Waals surface area contributed by atoms with Crippen molar-refractivity contribution < 1.29 is 8.42 Å². The number of pyridine rings is 2. The van der Waals surface area contributed by atoms with Crippen molar-refractivity contribution in [2.24, 2.45) is 15.2 Å². The normalized spacial score (nSPS) is 14.4. The second kappa shape index (κ2) is 9.77. The van der Waals surface area contributed by atoms with Gasteiger partial charge in [0.1, 0.15) is 28.7 Å². The fourth-order valence-corrected chi connectivity index (χ4v) is 4.29. The summed E-state index contributed by atoms with van der Waals surface area (Å²) >= 11 is 0. The van der Waals surface area contributed by atoms with Gasteiger partial charge < -0.3 is 4.90 Å². The number of hydrogen-bond acceptors (Lipinski definition) is 9. The van der Waals surface area contributed by atoms with Gasteiger partial charge in [0.15, 0.2) is 0 Å². The largest absolute Gasteiger partial charge is 0.357 e. The average molecular weight is 482 g/mol. The Hall–Kier alpha value is -3.51. The summed E-state index contributed by atoms with van der Waals surface area (Å²) in [5, 5.41) is 18.2. The Morgan fingerprint density at radius 3 is 2.41 bits per heavy atom. The van der Waals surface area contributed by atoms with E-state index in [1.54, 1.807) is 18.3 Å². The molecule has 0 radical (unpaired) electrons. The van der Waals surface area contributed by atoms with E-state index in [1.807, 2.05) is 25.1 Å². The van der Waals surface area contributed by atoms with Crippen LogP contribution in [0.3, 0.4) is 0 Å². The topological polar surface area (TPSA) is 145 Å². The third-order valence-electron chi connectivity index (χ3n) is 5.16. The van der Waals surface area contributed by atoms with Crippen LogP contribution in [0.15, 0.2) is 46.6 Å². The van der Waals surface area contributed by atoms with E-state index in [2.05, 4.69) is 39.0 Å². The molecule has 0 atom stereocenters. The summed E-state index contributed by atoms with van der Waals surface area (Å²) in [7, 11) is -3.86. The second-order valence-corrected chi connectivity index (χ2v) is 9.56. The molecule has 0 aromatic carbocycles. The number of rotatable bonds is 9. The number of anilines is 1. The number of hydrogen-bond donors (Lipinski definition) is 1. The number of aryl methyl sites for hydroxylation is 1. The molecular weight excluding hydrogens is 454 g/mol. The number of sulfonamides is 1. The highest BCUT2D eigenvalue weighted by Gasteiger charge is 2.31. The van der Waals surface area contributed by atoms with E-state index >= 15 is 0 Å². The minimum Gasteiger partial charge on any atom is -0.357 e. The highest BCUT2D eigenvalue weighted by molar-refractivity contribution is 7.90. The molecule has 3 aromatic heterocycles. The van der Waals surface area contributed by atoms with Crippen LogP contribution >= 0.6 is 0 Å². The van der Waals surface area contributed by atoms with Crippen molar-refractivity contribution in [3.05, 3.63) is 48.0 Å². The molecule has 4 heterocycles. The maximum absolute atomic E-state index is 11.9. The van der Waals surface area contributed by atoms with E-state index in [9.17, 15) is 8.42 Å². The highest BCUT2D eigenvalue weighted by Crippen LogP contribution is 2.26. The molecule has 0 fully saturated rings. The quantitative estimate of drug-likeness (QED) is 0.493. The maximum Gasteiger partial charge on any atom is 0.214 e. The number of aliphatic imine (C=N–C) groups is 1. The summed E-state index contributed by atoms with van der Waals surface area (Å²) < 4.78 is 25.2. The van der Waals surface area contributed by atoms with Gasteiger partial charge in [-0.15, -0.1) is 10.2 Å². The lowest BCUT2D eigenvalue weighted by molar-refractivity contribution is 0.601. The molecule has 0 aliphatic carbocycles. The molecule has 0 bridgehead atoms. The number of primary sulfonamides is 1. The van der Waals surface area contributed by atoms with Gasteiger partial charge in [0, 0.05) is 19.3 Å². The average Bonchev–Trinajstić information content (AvgIpc) is 3.34. The van der Waals surface area contributed by atoms with Crippen molar-refractivity contribution in [2.75, 3.05) is 23.7 Å². The van der Waals surface area contributed by atoms with Crippen LogP contribution in [-0.4, -0.2) is 63.5 Å². The minimum atomic E-state index is -3.86. The van der Waals surface area contributed by atoms with Crippen LogP contribution in [0.25, 0.3) is 11.5 Å². The van der Waals surface area contributed by atoms with E-state index < -0.39 is 15.8 Å². The molecule has 3 aromatic rings. The number of aromatic nitrogens is 5. The van der Waals surface area contributed by atoms with Gasteiger partial charge in [0.05, 0.1) is 11.4 Å². The zero-order chi connectivity index (χ0) is 24.3. The van der Waals surface area contributed by atoms with Crippen molar-refractivity contribution in [1.82, 2.24) is 24.8 Å². The van der Waals surface area contributed by atoms with Crippen LogP contribution < -0.4 is 10.0 Å². The fraction of sp³-hybridized carbons (Fsp3) is 0.364. The molecule has 2 N–H and O–H groups in total. The van der Waals surface area contributed by atoms with E-state index in [-0.39, 0.29) is 5.71 Å². The molecule has 0 saturated heterocycles. The SMILES string of the molecule is CCCN(CCC)c1ccc(/N=C2/C(CS(N)(=O)=O)=Nn3c2nnc3-c2ccccn2)c(C)n1. The van der Waals surface area contributed by atoms with E-state index in [4.69, 9.17) is 15.1 Å². The Morgan fingerprint density at radius 2 is 1.79 bits per heavy atom. The predicted molar refractivity (Wildman–Crippen MR) is 132 cm³/mol. The summed E-state index contributed by atoms with van der Waals surface area (Å²) in [6.07, 6.45) is 3.67. The lowest BCUT2D eigenvalue weighted by Crippen LogP contribution is -2.27. The van der Waals surface area contributed by atoms with Gasteiger partial charge in [-0.25, -0.2) is 23.5 Å². The van der Waals surface area contributed by atoms with Gasteiger partial charge in [-0.2, -0.15) is 9.78 Å². The van der Waals surface area contributed by atoms with Gasteiger partial charge in [0.2, 0.25) is 21.7 Å². The Kier molecular flexibility index (Phi) is 6.80. The summed E-state index contributed by atoms with van der Waals surface area (Å²) in [5.41, 5.74) is 2.33. The molecule has 0 amide bonds. The third kappa shape index (κ3) is 5.02. The van der Waals surface area contributed by atoms with Crippen molar-refractivity contribution in [1.29, 1.82) is 0 Å². The molecule has 4 rings (SSSR count). The molecule has 0 saturated carbocycles. The van der Waals surface area contributed by atoms with Crippen molar-refractivity contribution in [3.8, 4) is 11.5 Å². The molecule has 1 aliphatic rings. The summed E-state index contributed by atoms with van der Waals surface area (Å²) in [6.45, 7) is 7.97. The molecular formula is C22H27N9O2S. The van der Waals surface area contributed by atoms with Gasteiger partial charge in [-0.1, -0.05) is 19.9 Å². The Morgan fingerprint density at radius 1 is 1.06 bits per heavy atom. The maximum atomic E-state index is 11.9.